The molecular formula is C7H3BrFNO3S. The molecule has 0 fully saturated rings. The number of hydrogen-bond acceptors (Lipinski definition) is 3. The van der Waals surface area contributed by atoms with Crippen LogP contribution in [0.25, 0.3) is 0 Å². The molecule has 0 radical (unpaired) electrons. The zero-order chi connectivity index (χ0) is 10.5. The van der Waals surface area contributed by atoms with Crippen LogP contribution in [-0.4, -0.2) is 14.3 Å². The van der Waals surface area contributed by atoms with Gasteiger partial charge in [-0.15, -0.1) is 0 Å². The van der Waals surface area contributed by atoms with Gasteiger partial charge in [0.2, 0.25) is 0 Å². The van der Waals surface area contributed by atoms with Crippen LogP contribution in [0.15, 0.2) is 21.5 Å². The molecule has 74 valence electrons. The quantitative estimate of drug-likeness (QED) is 0.771. The monoisotopic (exact) mass is 279 g/mol. The van der Waals surface area contributed by atoms with Crippen molar-refractivity contribution in [2.24, 2.45) is 0 Å². The maximum atomic E-state index is 12.9. The summed E-state index contributed by atoms with van der Waals surface area (Å²) >= 11 is 2.92. The Morgan fingerprint density at radius 3 is 2.64 bits per heavy atom. The first-order chi connectivity index (χ1) is 6.42. The van der Waals surface area contributed by atoms with Crippen LogP contribution in [0.4, 0.5) is 4.39 Å². The molecule has 0 spiro atoms. The lowest BCUT2D eigenvalue weighted by Crippen LogP contribution is -2.20. The lowest BCUT2D eigenvalue weighted by Gasteiger charge is -1.97. The summed E-state index contributed by atoms with van der Waals surface area (Å²) in [6.45, 7) is 0. The maximum absolute atomic E-state index is 12.9. The zero-order valence-electron chi connectivity index (χ0n) is 6.54. The van der Waals surface area contributed by atoms with E-state index in [9.17, 15) is 17.6 Å². The minimum Gasteiger partial charge on any atom is -0.268 e. The molecular weight excluding hydrogens is 277 g/mol. The van der Waals surface area contributed by atoms with Gasteiger partial charge in [-0.25, -0.2) is 17.5 Å². The number of nitrogens with one attached hydrogen (secondary N) is 1. The van der Waals surface area contributed by atoms with Gasteiger partial charge in [-0.1, -0.05) is 0 Å². The molecule has 1 heterocycles. The van der Waals surface area contributed by atoms with Crippen molar-refractivity contribution in [3.63, 3.8) is 0 Å². The van der Waals surface area contributed by atoms with E-state index >= 15 is 0 Å². The van der Waals surface area contributed by atoms with Gasteiger partial charge in [-0.2, -0.15) is 0 Å². The van der Waals surface area contributed by atoms with Gasteiger partial charge in [-0.3, -0.25) is 4.79 Å². The normalized spacial score (nSPS) is 17.7. The van der Waals surface area contributed by atoms with Gasteiger partial charge in [0.25, 0.3) is 15.9 Å². The summed E-state index contributed by atoms with van der Waals surface area (Å²) in [5, 5.41) is 0. The molecule has 0 unspecified atom stereocenters. The van der Waals surface area contributed by atoms with Gasteiger partial charge < -0.3 is 0 Å². The highest BCUT2D eigenvalue weighted by Gasteiger charge is 2.34. The molecule has 1 aliphatic heterocycles. The number of halogens is 2. The van der Waals surface area contributed by atoms with E-state index in [1.54, 1.807) is 4.72 Å². The van der Waals surface area contributed by atoms with Crippen LogP contribution in [0.5, 0.6) is 0 Å². The predicted octanol–water partition coefficient (Wildman–Crippen LogP) is 1.02. The third kappa shape index (κ3) is 1.24. The molecule has 1 N–H and O–H groups in total. The Morgan fingerprint density at radius 1 is 1.36 bits per heavy atom. The van der Waals surface area contributed by atoms with Gasteiger partial charge in [0.15, 0.2) is 0 Å². The number of sulfonamides is 1. The summed E-state index contributed by atoms with van der Waals surface area (Å²) in [5.41, 5.74) is -0.0496. The Bertz CT molecular complexity index is 540. The summed E-state index contributed by atoms with van der Waals surface area (Å²) in [7, 11) is -3.87. The Hall–Kier alpha value is -0.950. The minimum atomic E-state index is -3.87. The molecule has 0 saturated carbocycles. The Labute approximate surface area is 87.3 Å². The molecule has 1 aliphatic rings. The standard InChI is InChI=1S/C7H3BrFNO3S/c8-4-1-3(9)2-5-6(4)7(11)10-14(5,12)13/h1-2H,(H,10,11). The summed E-state index contributed by atoms with van der Waals surface area (Å²) in [6.07, 6.45) is 0. The summed E-state index contributed by atoms with van der Waals surface area (Å²) < 4.78 is 37.3. The van der Waals surface area contributed by atoms with Gasteiger partial charge >= 0.3 is 0 Å². The fraction of sp³-hybridized carbons (Fsp3) is 0. The largest absolute Gasteiger partial charge is 0.268 e. The van der Waals surface area contributed by atoms with E-state index in [1.807, 2.05) is 0 Å². The van der Waals surface area contributed by atoms with E-state index in [2.05, 4.69) is 15.9 Å². The lowest BCUT2D eigenvalue weighted by molar-refractivity contribution is 0.0984. The van der Waals surface area contributed by atoms with Crippen molar-refractivity contribution in [3.05, 3.63) is 28.0 Å². The van der Waals surface area contributed by atoms with E-state index in [1.165, 1.54) is 0 Å². The van der Waals surface area contributed by atoms with Crippen molar-refractivity contribution in [2.45, 2.75) is 4.90 Å². The average molecular weight is 280 g/mol. The van der Waals surface area contributed by atoms with E-state index in [0.29, 0.717) is 0 Å². The second-order valence-corrected chi connectivity index (χ2v) is 5.20. The van der Waals surface area contributed by atoms with Gasteiger partial charge in [0.1, 0.15) is 10.7 Å². The first-order valence-electron chi connectivity index (χ1n) is 3.48. The number of carbonyl (C=O) groups excluding carboxylic acids is 1. The third-order valence-electron chi connectivity index (χ3n) is 1.76. The van der Waals surface area contributed by atoms with Crippen LogP contribution < -0.4 is 4.72 Å². The molecule has 0 aromatic heterocycles. The smallest absolute Gasteiger partial charge is 0.267 e. The van der Waals surface area contributed by atoms with Crippen LogP contribution >= 0.6 is 15.9 Å². The van der Waals surface area contributed by atoms with E-state index < -0.39 is 21.7 Å². The highest BCUT2D eigenvalue weighted by atomic mass is 79.9. The molecule has 4 nitrogen and oxygen atoms in total. The number of amides is 1. The SMILES string of the molecule is O=C1NS(=O)(=O)c2cc(F)cc(Br)c21. The molecule has 2 rings (SSSR count). The molecule has 0 atom stereocenters. The Kier molecular flexibility index (Phi) is 1.90. The number of hydrogen-bond donors (Lipinski definition) is 1. The van der Waals surface area contributed by atoms with Crippen molar-refractivity contribution < 1.29 is 17.6 Å². The van der Waals surface area contributed by atoms with Crippen molar-refractivity contribution in [1.82, 2.24) is 4.72 Å². The van der Waals surface area contributed by atoms with Crippen molar-refractivity contribution >= 4 is 31.9 Å². The first kappa shape index (κ1) is 9.60. The second kappa shape index (κ2) is 2.77. The number of fused-ring (bicyclic) bond motifs is 1. The fourth-order valence-electron chi connectivity index (χ4n) is 1.21. The van der Waals surface area contributed by atoms with Crippen LogP contribution in [0.2, 0.25) is 0 Å². The lowest BCUT2D eigenvalue weighted by atomic mass is 10.2. The van der Waals surface area contributed by atoms with Gasteiger partial charge in [0.05, 0.1) is 5.56 Å². The molecule has 1 aromatic carbocycles. The zero-order valence-corrected chi connectivity index (χ0v) is 8.95. The van der Waals surface area contributed by atoms with Crippen LogP contribution in [0.3, 0.4) is 0 Å². The molecule has 1 amide bonds. The van der Waals surface area contributed by atoms with E-state index in [0.717, 1.165) is 12.1 Å². The van der Waals surface area contributed by atoms with Gasteiger partial charge in [-0.05, 0) is 28.1 Å². The summed E-state index contributed by atoms with van der Waals surface area (Å²) in [6, 6.07) is 1.85. The van der Waals surface area contributed by atoms with E-state index in [4.69, 9.17) is 0 Å². The van der Waals surface area contributed by atoms with Crippen LogP contribution in [0.1, 0.15) is 10.4 Å². The number of benzene rings is 1. The number of carbonyl (C=O) groups is 1. The molecule has 7 heteroatoms. The summed E-state index contributed by atoms with van der Waals surface area (Å²) in [5.74, 6) is -1.46. The average Bonchev–Trinajstić information content (AvgIpc) is 2.21. The second-order valence-electron chi connectivity index (χ2n) is 2.70. The maximum Gasteiger partial charge on any atom is 0.267 e. The van der Waals surface area contributed by atoms with Crippen LogP contribution in [0, 0.1) is 5.82 Å². The molecule has 0 bridgehead atoms. The van der Waals surface area contributed by atoms with Gasteiger partial charge in [0, 0.05) is 4.47 Å². The Balaban J connectivity index is 2.89. The van der Waals surface area contributed by atoms with E-state index in [-0.39, 0.29) is 14.9 Å². The number of rotatable bonds is 0. The van der Waals surface area contributed by atoms with Crippen molar-refractivity contribution in [3.8, 4) is 0 Å². The molecule has 0 aliphatic carbocycles. The topological polar surface area (TPSA) is 63.2 Å². The Morgan fingerprint density at radius 2 is 2.00 bits per heavy atom. The third-order valence-corrected chi connectivity index (χ3v) is 3.74. The minimum absolute atomic E-state index is 0.0496. The molecule has 14 heavy (non-hydrogen) atoms. The van der Waals surface area contributed by atoms with Crippen molar-refractivity contribution in [2.75, 3.05) is 0 Å². The first-order valence-corrected chi connectivity index (χ1v) is 5.75. The highest BCUT2D eigenvalue weighted by molar-refractivity contribution is 9.10. The van der Waals surface area contributed by atoms with Crippen molar-refractivity contribution in [1.29, 1.82) is 0 Å². The fourth-order valence-corrected chi connectivity index (χ4v) is 3.15. The predicted molar refractivity (Wildman–Crippen MR) is 48.8 cm³/mol. The van der Waals surface area contributed by atoms with Crippen LogP contribution in [-0.2, 0) is 10.0 Å². The highest BCUT2D eigenvalue weighted by Crippen LogP contribution is 2.30. The molecule has 1 aromatic rings. The summed E-state index contributed by atoms with van der Waals surface area (Å²) in [4.78, 5) is 10.8. The molecule has 0 saturated heterocycles.